The standard InChI is InChI=1S/C17H21N5O4/c1-3-9-20-14(24)21(10-4-2)16(26)22(15(20)25)11-13(23)19-17(12-18)7-5-6-8-17/h3-4H,1-2,5-11H2,(H,19,23). The summed E-state index contributed by atoms with van der Waals surface area (Å²) in [6.45, 7) is 6.20. The Bertz CT molecular complexity index is 890. The molecule has 0 spiro atoms. The van der Waals surface area contributed by atoms with Crippen molar-refractivity contribution in [2.75, 3.05) is 0 Å². The van der Waals surface area contributed by atoms with Gasteiger partial charge in [-0.1, -0.05) is 12.2 Å². The number of carbonyl (C=O) groups is 1. The van der Waals surface area contributed by atoms with E-state index in [1.807, 2.05) is 0 Å². The molecule has 1 amide bonds. The van der Waals surface area contributed by atoms with Crippen LogP contribution in [-0.2, 0) is 24.4 Å². The highest BCUT2D eigenvalue weighted by atomic mass is 16.2. The van der Waals surface area contributed by atoms with Crippen LogP contribution in [0.4, 0.5) is 0 Å². The molecule has 0 aliphatic heterocycles. The van der Waals surface area contributed by atoms with Crippen molar-refractivity contribution in [3.05, 3.63) is 56.8 Å². The lowest BCUT2D eigenvalue weighted by Gasteiger charge is -2.22. The van der Waals surface area contributed by atoms with Crippen molar-refractivity contribution in [1.82, 2.24) is 19.0 Å². The minimum absolute atomic E-state index is 0.0984. The van der Waals surface area contributed by atoms with E-state index in [1.54, 1.807) is 0 Å². The van der Waals surface area contributed by atoms with Gasteiger partial charge < -0.3 is 5.32 Å². The third kappa shape index (κ3) is 3.59. The first-order chi connectivity index (χ1) is 12.4. The van der Waals surface area contributed by atoms with Gasteiger partial charge in [-0.15, -0.1) is 13.2 Å². The van der Waals surface area contributed by atoms with Crippen LogP contribution >= 0.6 is 0 Å². The minimum Gasteiger partial charge on any atom is -0.336 e. The SMILES string of the molecule is C=CCn1c(=O)n(CC=C)c(=O)n(CC(=O)NC2(C#N)CCCC2)c1=O. The topological polar surface area (TPSA) is 119 Å². The molecule has 0 atom stereocenters. The predicted octanol–water partition coefficient (Wildman–Crippen LogP) is -0.504. The molecular formula is C17H21N5O4. The van der Waals surface area contributed by atoms with Gasteiger partial charge in [0.05, 0.1) is 19.2 Å². The van der Waals surface area contributed by atoms with Crippen LogP contribution in [0, 0.1) is 11.3 Å². The third-order valence-corrected chi connectivity index (χ3v) is 4.36. The maximum Gasteiger partial charge on any atom is 0.337 e. The van der Waals surface area contributed by atoms with E-state index in [9.17, 15) is 24.4 Å². The molecule has 0 unspecified atom stereocenters. The van der Waals surface area contributed by atoms with Crippen molar-refractivity contribution in [1.29, 1.82) is 5.26 Å². The molecule has 0 bridgehead atoms. The number of rotatable bonds is 7. The second-order valence-corrected chi connectivity index (χ2v) is 6.18. The molecule has 1 N–H and O–H groups in total. The average Bonchev–Trinajstić information content (AvgIpc) is 3.08. The van der Waals surface area contributed by atoms with Crippen LogP contribution in [0.3, 0.4) is 0 Å². The van der Waals surface area contributed by atoms with E-state index in [1.165, 1.54) is 12.2 Å². The van der Waals surface area contributed by atoms with Gasteiger partial charge in [-0.3, -0.25) is 4.79 Å². The number of nitriles is 1. The van der Waals surface area contributed by atoms with Gasteiger partial charge in [0, 0.05) is 0 Å². The molecule has 9 nitrogen and oxygen atoms in total. The highest BCUT2D eigenvalue weighted by Crippen LogP contribution is 2.28. The minimum atomic E-state index is -0.962. The molecular weight excluding hydrogens is 338 g/mol. The summed E-state index contributed by atoms with van der Waals surface area (Å²) in [5, 5.41) is 12.0. The quantitative estimate of drug-likeness (QED) is 0.658. The molecule has 1 saturated carbocycles. The van der Waals surface area contributed by atoms with Crippen LogP contribution in [0.15, 0.2) is 39.7 Å². The lowest BCUT2D eigenvalue weighted by atomic mass is 10.00. The monoisotopic (exact) mass is 359 g/mol. The number of hydrogen-bond acceptors (Lipinski definition) is 5. The Hall–Kier alpha value is -3.15. The molecule has 0 saturated heterocycles. The van der Waals surface area contributed by atoms with Crippen LogP contribution in [-0.4, -0.2) is 25.1 Å². The van der Waals surface area contributed by atoms with Crippen molar-refractivity contribution in [3.8, 4) is 6.07 Å². The lowest BCUT2D eigenvalue weighted by molar-refractivity contribution is -0.123. The average molecular weight is 359 g/mol. The normalized spacial score (nSPS) is 15.2. The zero-order valence-corrected chi connectivity index (χ0v) is 14.4. The van der Waals surface area contributed by atoms with E-state index < -0.39 is 35.1 Å². The molecule has 1 fully saturated rings. The number of hydrogen-bond donors (Lipinski definition) is 1. The van der Waals surface area contributed by atoms with Crippen LogP contribution < -0.4 is 22.4 Å². The number of aromatic nitrogens is 3. The van der Waals surface area contributed by atoms with Gasteiger partial charge in [0.25, 0.3) is 0 Å². The van der Waals surface area contributed by atoms with Crippen LogP contribution in [0.25, 0.3) is 0 Å². The molecule has 0 aromatic carbocycles. The van der Waals surface area contributed by atoms with Crippen molar-refractivity contribution in [3.63, 3.8) is 0 Å². The molecule has 1 aromatic rings. The van der Waals surface area contributed by atoms with Gasteiger partial charge in [-0.2, -0.15) is 5.26 Å². The fourth-order valence-corrected chi connectivity index (χ4v) is 3.08. The summed E-state index contributed by atoms with van der Waals surface area (Å²) in [4.78, 5) is 49.6. The van der Waals surface area contributed by atoms with Gasteiger partial charge in [-0.05, 0) is 25.7 Å². The van der Waals surface area contributed by atoms with Crippen LogP contribution in [0.2, 0.25) is 0 Å². The molecule has 1 aromatic heterocycles. The summed E-state index contributed by atoms with van der Waals surface area (Å²) in [5.74, 6) is -0.624. The maximum atomic E-state index is 12.5. The maximum absolute atomic E-state index is 12.5. The first-order valence-corrected chi connectivity index (χ1v) is 8.27. The summed E-state index contributed by atoms with van der Waals surface area (Å²) >= 11 is 0. The Morgan fingerprint density at radius 3 is 1.92 bits per heavy atom. The lowest BCUT2D eigenvalue weighted by Crippen LogP contribution is -2.56. The van der Waals surface area contributed by atoms with Crippen molar-refractivity contribution in [2.45, 2.75) is 50.9 Å². The fraction of sp³-hybridized carbons (Fsp3) is 0.471. The largest absolute Gasteiger partial charge is 0.337 e. The van der Waals surface area contributed by atoms with Crippen molar-refractivity contribution < 1.29 is 4.79 Å². The number of allylic oxidation sites excluding steroid dienone is 2. The molecule has 138 valence electrons. The van der Waals surface area contributed by atoms with E-state index >= 15 is 0 Å². The summed E-state index contributed by atoms with van der Waals surface area (Å²) in [6.07, 6.45) is 5.40. The number of nitrogens with one attached hydrogen (secondary N) is 1. The van der Waals surface area contributed by atoms with Gasteiger partial charge in [-0.25, -0.2) is 28.1 Å². The Labute approximate surface area is 149 Å². The van der Waals surface area contributed by atoms with Crippen LogP contribution in [0.1, 0.15) is 25.7 Å². The number of carbonyl (C=O) groups excluding carboxylic acids is 1. The Kier molecular flexibility index (Phi) is 5.77. The molecule has 2 rings (SSSR count). The fourth-order valence-electron chi connectivity index (χ4n) is 3.08. The molecule has 1 aliphatic carbocycles. The Morgan fingerprint density at radius 1 is 1.04 bits per heavy atom. The zero-order valence-electron chi connectivity index (χ0n) is 14.4. The zero-order chi connectivity index (χ0) is 19.3. The van der Waals surface area contributed by atoms with E-state index in [0.717, 1.165) is 22.0 Å². The molecule has 26 heavy (non-hydrogen) atoms. The van der Waals surface area contributed by atoms with Crippen molar-refractivity contribution >= 4 is 5.91 Å². The van der Waals surface area contributed by atoms with Crippen molar-refractivity contribution in [2.24, 2.45) is 0 Å². The van der Waals surface area contributed by atoms with Gasteiger partial charge >= 0.3 is 17.1 Å². The molecule has 1 heterocycles. The predicted molar refractivity (Wildman–Crippen MR) is 94.6 cm³/mol. The second kappa shape index (κ2) is 7.82. The van der Waals surface area contributed by atoms with Gasteiger partial charge in [0.2, 0.25) is 5.91 Å². The molecule has 9 heteroatoms. The number of amides is 1. The summed E-state index contributed by atoms with van der Waals surface area (Å²) < 4.78 is 2.32. The third-order valence-electron chi connectivity index (χ3n) is 4.36. The Balaban J connectivity index is 2.44. The van der Waals surface area contributed by atoms with E-state index in [-0.39, 0.29) is 13.1 Å². The van der Waals surface area contributed by atoms with Gasteiger partial charge in [0.1, 0.15) is 12.1 Å². The summed E-state index contributed by atoms with van der Waals surface area (Å²) in [5.41, 5.74) is -3.54. The first-order valence-electron chi connectivity index (χ1n) is 8.27. The van der Waals surface area contributed by atoms with E-state index in [0.29, 0.717) is 17.4 Å². The summed E-state index contributed by atoms with van der Waals surface area (Å²) in [7, 11) is 0. The van der Waals surface area contributed by atoms with E-state index in [4.69, 9.17) is 0 Å². The van der Waals surface area contributed by atoms with Crippen LogP contribution in [0.5, 0.6) is 0 Å². The smallest absolute Gasteiger partial charge is 0.336 e. The highest BCUT2D eigenvalue weighted by Gasteiger charge is 2.35. The molecule has 0 radical (unpaired) electrons. The first kappa shape index (κ1) is 19.2. The van der Waals surface area contributed by atoms with E-state index in [2.05, 4.69) is 24.5 Å². The number of nitrogens with zero attached hydrogens (tertiary/aromatic N) is 4. The summed E-state index contributed by atoms with van der Waals surface area (Å²) in [6, 6.07) is 2.11. The molecule has 1 aliphatic rings. The highest BCUT2D eigenvalue weighted by molar-refractivity contribution is 5.77. The Morgan fingerprint density at radius 2 is 1.50 bits per heavy atom. The second-order valence-electron chi connectivity index (χ2n) is 6.18. The van der Waals surface area contributed by atoms with Gasteiger partial charge in [0.15, 0.2) is 0 Å².